The summed E-state index contributed by atoms with van der Waals surface area (Å²) in [4.78, 5) is 11.2. The number of hydrogen-bond acceptors (Lipinski definition) is 4. The highest BCUT2D eigenvalue weighted by atomic mass is 35.5. The van der Waals surface area contributed by atoms with Crippen LogP contribution in [0.2, 0.25) is 5.02 Å². The van der Waals surface area contributed by atoms with Gasteiger partial charge in [-0.1, -0.05) is 11.6 Å². The predicted octanol–water partition coefficient (Wildman–Crippen LogP) is 3.13. The lowest BCUT2D eigenvalue weighted by atomic mass is 10.1. The molecule has 0 aliphatic rings. The highest BCUT2D eigenvalue weighted by molar-refractivity contribution is 7.92. The fourth-order valence-electron chi connectivity index (χ4n) is 1.40. The maximum Gasteiger partial charge on any atom is 0.159 e. The summed E-state index contributed by atoms with van der Waals surface area (Å²) in [5, 5.41) is 0.297. The highest BCUT2D eigenvalue weighted by Gasteiger charge is 2.28. The van der Waals surface area contributed by atoms with Gasteiger partial charge in [-0.2, -0.15) is 0 Å². The number of halogens is 1. The molecule has 1 rings (SSSR count). The predicted molar refractivity (Wildman–Crippen MR) is 80.5 cm³/mol. The molecule has 0 amide bonds. The van der Waals surface area contributed by atoms with Gasteiger partial charge in [-0.25, -0.2) is 8.42 Å². The van der Waals surface area contributed by atoms with Gasteiger partial charge >= 0.3 is 0 Å². The number of ether oxygens (including phenoxy) is 1. The van der Waals surface area contributed by atoms with E-state index < -0.39 is 14.6 Å². The number of Topliss-reactive ketones (excluding diaryl/α,β-unsaturated/α-hetero) is 1. The summed E-state index contributed by atoms with van der Waals surface area (Å²) in [6.45, 7) is 6.42. The van der Waals surface area contributed by atoms with Crippen LogP contribution in [0.1, 0.15) is 38.1 Å². The van der Waals surface area contributed by atoms with E-state index >= 15 is 0 Å². The average Bonchev–Trinajstić information content (AvgIpc) is 2.29. The number of benzene rings is 1. The molecule has 0 aliphatic heterocycles. The van der Waals surface area contributed by atoms with Crippen molar-refractivity contribution in [1.82, 2.24) is 0 Å². The summed E-state index contributed by atoms with van der Waals surface area (Å²) in [5.74, 6) is 0.205. The Hall–Kier alpha value is -1.07. The van der Waals surface area contributed by atoms with Crippen molar-refractivity contribution in [3.8, 4) is 5.75 Å². The van der Waals surface area contributed by atoms with Crippen molar-refractivity contribution < 1.29 is 17.9 Å². The molecule has 0 radical (unpaired) electrons. The van der Waals surface area contributed by atoms with Gasteiger partial charge in [-0.15, -0.1) is 0 Å². The van der Waals surface area contributed by atoms with E-state index in [0.717, 1.165) is 0 Å². The van der Waals surface area contributed by atoms with Gasteiger partial charge in [0.2, 0.25) is 0 Å². The molecular formula is C14H19ClO4S. The van der Waals surface area contributed by atoms with E-state index in [9.17, 15) is 13.2 Å². The minimum Gasteiger partial charge on any atom is -0.491 e. The number of carbonyl (C=O) groups excluding carboxylic acids is 1. The SMILES string of the molecule is CC(=O)c1ccc(OCCS(=O)(=O)C(C)(C)C)c(Cl)c1. The number of rotatable bonds is 5. The Bertz CT molecular complexity index is 600. The summed E-state index contributed by atoms with van der Waals surface area (Å²) in [6, 6.07) is 4.68. The molecule has 0 spiro atoms. The molecule has 0 aromatic heterocycles. The summed E-state index contributed by atoms with van der Waals surface area (Å²) in [6.07, 6.45) is 0. The average molecular weight is 319 g/mol. The van der Waals surface area contributed by atoms with Gasteiger partial charge in [-0.3, -0.25) is 4.79 Å². The van der Waals surface area contributed by atoms with Crippen LogP contribution in [0.3, 0.4) is 0 Å². The van der Waals surface area contributed by atoms with Crippen LogP contribution < -0.4 is 4.74 Å². The summed E-state index contributed by atoms with van der Waals surface area (Å²) < 4.78 is 28.4. The first-order valence-corrected chi connectivity index (χ1v) is 8.23. The molecule has 6 heteroatoms. The van der Waals surface area contributed by atoms with E-state index in [1.165, 1.54) is 13.0 Å². The number of hydrogen-bond donors (Lipinski definition) is 0. The van der Waals surface area contributed by atoms with E-state index in [0.29, 0.717) is 16.3 Å². The monoisotopic (exact) mass is 318 g/mol. The molecule has 0 fully saturated rings. The van der Waals surface area contributed by atoms with Crippen molar-refractivity contribution in [2.45, 2.75) is 32.4 Å². The topological polar surface area (TPSA) is 60.4 Å². The minimum absolute atomic E-state index is 0.0265. The fraction of sp³-hybridized carbons (Fsp3) is 0.500. The molecule has 112 valence electrons. The van der Waals surface area contributed by atoms with Gasteiger partial charge < -0.3 is 4.74 Å². The van der Waals surface area contributed by atoms with Crippen LogP contribution in [0, 0.1) is 0 Å². The van der Waals surface area contributed by atoms with Crippen LogP contribution in [-0.2, 0) is 9.84 Å². The summed E-state index contributed by atoms with van der Waals surface area (Å²) in [7, 11) is -3.22. The normalized spacial score (nSPS) is 12.2. The molecule has 0 heterocycles. The zero-order chi connectivity index (χ0) is 15.6. The Balaban J connectivity index is 2.71. The Kier molecular flexibility index (Phi) is 5.21. The van der Waals surface area contributed by atoms with Crippen LogP contribution >= 0.6 is 11.6 Å². The van der Waals surface area contributed by atoms with E-state index in [1.54, 1.807) is 32.9 Å². The first-order valence-electron chi connectivity index (χ1n) is 6.20. The van der Waals surface area contributed by atoms with Gasteiger partial charge in [0.15, 0.2) is 15.6 Å². The lowest BCUT2D eigenvalue weighted by molar-refractivity contribution is 0.101. The van der Waals surface area contributed by atoms with Crippen molar-refractivity contribution in [2.24, 2.45) is 0 Å². The quantitative estimate of drug-likeness (QED) is 0.783. The van der Waals surface area contributed by atoms with Crippen molar-refractivity contribution in [1.29, 1.82) is 0 Å². The van der Waals surface area contributed by atoms with Crippen molar-refractivity contribution in [3.63, 3.8) is 0 Å². The largest absolute Gasteiger partial charge is 0.491 e. The third kappa shape index (κ3) is 4.21. The number of ketones is 1. The lowest BCUT2D eigenvalue weighted by Gasteiger charge is -2.19. The molecule has 4 nitrogen and oxygen atoms in total. The molecule has 20 heavy (non-hydrogen) atoms. The van der Waals surface area contributed by atoms with E-state index in [1.807, 2.05) is 0 Å². The third-order valence-corrected chi connectivity index (χ3v) is 5.75. The summed E-state index contributed by atoms with van der Waals surface area (Å²) in [5.41, 5.74) is 0.490. The minimum atomic E-state index is -3.22. The van der Waals surface area contributed by atoms with Crippen LogP contribution in [0.15, 0.2) is 18.2 Å². The highest BCUT2D eigenvalue weighted by Crippen LogP contribution is 2.26. The molecule has 0 saturated heterocycles. The number of carbonyl (C=O) groups is 1. The zero-order valence-corrected chi connectivity index (χ0v) is 13.6. The first kappa shape index (κ1) is 17.0. The molecule has 0 bridgehead atoms. The van der Waals surface area contributed by atoms with E-state index in [2.05, 4.69) is 0 Å². The number of sulfone groups is 1. The van der Waals surface area contributed by atoms with E-state index in [-0.39, 0.29) is 18.1 Å². The molecule has 0 aliphatic carbocycles. The Morgan fingerprint density at radius 1 is 1.30 bits per heavy atom. The lowest BCUT2D eigenvalue weighted by Crippen LogP contribution is -2.32. The second-order valence-electron chi connectivity index (χ2n) is 5.48. The Morgan fingerprint density at radius 2 is 1.90 bits per heavy atom. The van der Waals surface area contributed by atoms with Crippen molar-refractivity contribution in [3.05, 3.63) is 28.8 Å². The van der Waals surface area contributed by atoms with Gasteiger partial charge in [-0.05, 0) is 45.9 Å². The van der Waals surface area contributed by atoms with Crippen LogP contribution in [0.5, 0.6) is 5.75 Å². The van der Waals surface area contributed by atoms with Crippen LogP contribution in [-0.4, -0.2) is 31.3 Å². The zero-order valence-electron chi connectivity index (χ0n) is 12.1. The van der Waals surface area contributed by atoms with Crippen molar-refractivity contribution in [2.75, 3.05) is 12.4 Å². The first-order chi connectivity index (χ1) is 9.04. The van der Waals surface area contributed by atoms with Gasteiger partial charge in [0.1, 0.15) is 12.4 Å². The second kappa shape index (κ2) is 6.14. The van der Waals surface area contributed by atoms with Gasteiger partial charge in [0.05, 0.1) is 15.5 Å². The smallest absolute Gasteiger partial charge is 0.159 e. The van der Waals surface area contributed by atoms with Gasteiger partial charge in [0, 0.05) is 5.56 Å². The Morgan fingerprint density at radius 3 is 2.35 bits per heavy atom. The second-order valence-corrected chi connectivity index (χ2v) is 8.75. The molecule has 0 N–H and O–H groups in total. The van der Waals surface area contributed by atoms with Crippen LogP contribution in [0.4, 0.5) is 0 Å². The molecule has 0 atom stereocenters. The Labute approximate surface area is 125 Å². The molecule has 0 saturated carbocycles. The fourth-order valence-corrected chi connectivity index (χ4v) is 2.55. The standard InChI is InChI=1S/C14H19ClO4S/c1-10(16)11-5-6-13(12(15)9-11)19-7-8-20(17,18)14(2,3)4/h5-6,9H,7-8H2,1-4H3. The maximum atomic E-state index is 11.9. The van der Waals surface area contributed by atoms with Gasteiger partial charge in [0.25, 0.3) is 0 Å². The molecular weight excluding hydrogens is 300 g/mol. The van der Waals surface area contributed by atoms with E-state index in [4.69, 9.17) is 16.3 Å². The summed E-state index contributed by atoms with van der Waals surface area (Å²) >= 11 is 5.99. The van der Waals surface area contributed by atoms with Crippen LogP contribution in [0.25, 0.3) is 0 Å². The molecule has 1 aromatic carbocycles. The third-order valence-electron chi connectivity index (χ3n) is 2.88. The maximum absolute atomic E-state index is 11.9. The van der Waals surface area contributed by atoms with Crippen molar-refractivity contribution >= 4 is 27.2 Å². The molecule has 0 unspecified atom stereocenters. The molecule has 1 aromatic rings.